The molecule has 3 aromatic rings. The molecule has 3 rings (SSSR count). The zero-order chi connectivity index (χ0) is 20.7. The summed E-state index contributed by atoms with van der Waals surface area (Å²) in [7, 11) is 1.24. The summed E-state index contributed by atoms with van der Waals surface area (Å²) in [6.45, 7) is 1.35. The Kier molecular flexibility index (Phi) is 5.50. The second-order valence-electron chi connectivity index (χ2n) is 6.11. The lowest BCUT2D eigenvalue weighted by molar-refractivity contribution is -0.0739. The highest BCUT2D eigenvalue weighted by molar-refractivity contribution is 14.1. The average molecular weight is 504 g/mol. The molecular formula is C17H15F2IN4O4. The molecule has 3 N–H and O–H groups in total. The molecule has 1 aromatic carbocycles. The van der Waals surface area contributed by atoms with E-state index in [4.69, 9.17) is 0 Å². The number of aromatic nitrogens is 3. The van der Waals surface area contributed by atoms with Crippen LogP contribution in [0.25, 0.3) is 11.0 Å². The van der Waals surface area contributed by atoms with Gasteiger partial charge in [0, 0.05) is 10.6 Å². The van der Waals surface area contributed by atoms with E-state index in [1.54, 1.807) is 6.07 Å². The Balaban J connectivity index is 2.35. The summed E-state index contributed by atoms with van der Waals surface area (Å²) < 4.78 is 31.3. The summed E-state index contributed by atoms with van der Waals surface area (Å²) in [6, 6.07) is 3.01. The maximum Gasteiger partial charge on any atom is 0.290 e. The number of aliphatic hydroxyl groups excluding tert-OH is 1. The van der Waals surface area contributed by atoms with Crippen LogP contribution in [0.2, 0.25) is 0 Å². The maximum atomic E-state index is 14.8. The maximum absolute atomic E-state index is 14.8. The third kappa shape index (κ3) is 3.40. The molecule has 2 aromatic heterocycles. The Labute approximate surface area is 170 Å². The molecule has 1 atom stereocenters. The summed E-state index contributed by atoms with van der Waals surface area (Å²) in [5, 5.41) is 20.9. The van der Waals surface area contributed by atoms with Crippen LogP contribution in [-0.4, -0.2) is 30.6 Å². The summed E-state index contributed by atoms with van der Waals surface area (Å²) >= 11 is 1.90. The molecule has 148 valence electrons. The molecule has 0 amide bonds. The van der Waals surface area contributed by atoms with E-state index in [9.17, 15) is 28.6 Å². The van der Waals surface area contributed by atoms with E-state index in [2.05, 4.69) is 10.3 Å². The zero-order valence-corrected chi connectivity index (χ0v) is 16.8. The summed E-state index contributed by atoms with van der Waals surface area (Å²) in [5.74, 6) is -2.00. The predicted octanol–water partition coefficient (Wildman–Crippen LogP) is 1.59. The van der Waals surface area contributed by atoms with Crippen LogP contribution >= 0.6 is 22.6 Å². The first-order valence-corrected chi connectivity index (χ1v) is 9.09. The normalized spacial score (nSPS) is 12.6. The number of nitrogens with zero attached hydrogens (tertiary/aromatic N) is 3. The number of fused-ring (bicyclic) bond motifs is 1. The van der Waals surface area contributed by atoms with Gasteiger partial charge < -0.3 is 15.5 Å². The molecule has 11 heteroatoms. The zero-order valence-electron chi connectivity index (χ0n) is 14.7. The van der Waals surface area contributed by atoms with Gasteiger partial charge in [-0.05, 0) is 47.7 Å². The SMILES string of the molecule is C[C@H](C(O)O)n1cnc2c(c(Nc3ccc(I)cc3F)c(F)c(=O)n2C)c1=O. The number of pyridine rings is 1. The van der Waals surface area contributed by atoms with Crippen molar-refractivity contribution < 1.29 is 19.0 Å². The molecule has 0 aliphatic carbocycles. The Morgan fingerprint density at radius 1 is 1.21 bits per heavy atom. The first kappa shape index (κ1) is 20.4. The van der Waals surface area contributed by atoms with Gasteiger partial charge in [0.15, 0.2) is 11.9 Å². The van der Waals surface area contributed by atoms with E-state index >= 15 is 0 Å². The van der Waals surface area contributed by atoms with E-state index < -0.39 is 40.8 Å². The molecule has 0 spiro atoms. The second kappa shape index (κ2) is 7.56. The van der Waals surface area contributed by atoms with Crippen LogP contribution in [0.1, 0.15) is 13.0 Å². The fourth-order valence-corrected chi connectivity index (χ4v) is 3.12. The summed E-state index contributed by atoms with van der Waals surface area (Å²) in [6.07, 6.45) is -0.846. The minimum Gasteiger partial charge on any atom is -0.366 e. The van der Waals surface area contributed by atoms with E-state index in [0.717, 1.165) is 15.5 Å². The molecule has 0 radical (unpaired) electrons. The summed E-state index contributed by atoms with van der Waals surface area (Å²) in [5.41, 5.74) is -2.70. The number of rotatable bonds is 4. The molecule has 0 aliphatic heterocycles. The van der Waals surface area contributed by atoms with Crippen LogP contribution in [0.3, 0.4) is 0 Å². The van der Waals surface area contributed by atoms with Crippen molar-refractivity contribution in [3.8, 4) is 0 Å². The molecule has 2 heterocycles. The molecule has 28 heavy (non-hydrogen) atoms. The van der Waals surface area contributed by atoms with Gasteiger partial charge in [-0.2, -0.15) is 4.39 Å². The van der Waals surface area contributed by atoms with Crippen molar-refractivity contribution in [2.45, 2.75) is 19.3 Å². The van der Waals surface area contributed by atoms with Crippen molar-refractivity contribution >= 4 is 45.0 Å². The van der Waals surface area contributed by atoms with Gasteiger partial charge >= 0.3 is 0 Å². The lowest BCUT2D eigenvalue weighted by atomic mass is 10.2. The molecule has 0 saturated heterocycles. The molecule has 0 aliphatic rings. The van der Waals surface area contributed by atoms with Gasteiger partial charge in [0.25, 0.3) is 11.1 Å². The topological polar surface area (TPSA) is 109 Å². The van der Waals surface area contributed by atoms with Crippen molar-refractivity contribution in [3.63, 3.8) is 0 Å². The van der Waals surface area contributed by atoms with Crippen molar-refractivity contribution in [1.29, 1.82) is 0 Å². The van der Waals surface area contributed by atoms with Gasteiger partial charge in [-0.3, -0.25) is 18.7 Å². The van der Waals surface area contributed by atoms with Crippen LogP contribution in [0, 0.1) is 15.2 Å². The number of nitrogens with one attached hydrogen (secondary N) is 1. The van der Waals surface area contributed by atoms with Gasteiger partial charge in [0.2, 0.25) is 5.82 Å². The fraction of sp³-hybridized carbons (Fsp3) is 0.235. The van der Waals surface area contributed by atoms with Crippen molar-refractivity contribution in [1.82, 2.24) is 14.1 Å². The number of halogens is 3. The monoisotopic (exact) mass is 504 g/mol. The number of hydrogen-bond donors (Lipinski definition) is 3. The highest BCUT2D eigenvalue weighted by atomic mass is 127. The lowest BCUT2D eigenvalue weighted by Crippen LogP contribution is -2.33. The number of anilines is 2. The van der Waals surface area contributed by atoms with Crippen LogP contribution in [0.5, 0.6) is 0 Å². The van der Waals surface area contributed by atoms with Crippen molar-refractivity contribution in [2.24, 2.45) is 7.05 Å². The van der Waals surface area contributed by atoms with E-state index in [1.807, 2.05) is 22.6 Å². The Hall–Kier alpha value is -2.38. The third-order valence-electron chi connectivity index (χ3n) is 4.32. The van der Waals surface area contributed by atoms with Crippen molar-refractivity contribution in [2.75, 3.05) is 5.32 Å². The Bertz CT molecular complexity index is 1190. The molecule has 0 saturated carbocycles. The van der Waals surface area contributed by atoms with E-state index in [0.29, 0.717) is 3.57 Å². The first-order valence-electron chi connectivity index (χ1n) is 8.01. The van der Waals surface area contributed by atoms with Crippen LogP contribution in [-0.2, 0) is 7.05 Å². The van der Waals surface area contributed by atoms with E-state index in [1.165, 1.54) is 26.1 Å². The van der Waals surface area contributed by atoms with Gasteiger partial charge in [-0.15, -0.1) is 0 Å². The van der Waals surface area contributed by atoms with Gasteiger partial charge in [0.1, 0.15) is 17.5 Å². The van der Waals surface area contributed by atoms with E-state index in [-0.39, 0.29) is 16.7 Å². The highest BCUT2D eigenvalue weighted by Crippen LogP contribution is 2.27. The van der Waals surface area contributed by atoms with Crippen LogP contribution < -0.4 is 16.4 Å². The predicted molar refractivity (Wildman–Crippen MR) is 107 cm³/mol. The minimum atomic E-state index is -1.88. The average Bonchev–Trinajstić information content (AvgIpc) is 2.64. The number of aliphatic hydroxyl groups is 2. The Morgan fingerprint density at radius 3 is 2.50 bits per heavy atom. The van der Waals surface area contributed by atoms with Crippen molar-refractivity contribution in [3.05, 3.63) is 60.4 Å². The molecule has 0 bridgehead atoms. The van der Waals surface area contributed by atoms with Crippen LogP contribution in [0.15, 0.2) is 34.1 Å². The lowest BCUT2D eigenvalue weighted by Gasteiger charge is -2.19. The van der Waals surface area contributed by atoms with Crippen LogP contribution in [0.4, 0.5) is 20.2 Å². The third-order valence-corrected chi connectivity index (χ3v) is 4.99. The standard InChI is InChI=1S/C17H15F2IN4O4/c1-7(17(27)28)24-6-21-14-11(15(24)25)13(12(19)16(26)23(14)2)22-10-4-3-8(20)5-9(10)18/h3-7,17,22,27-28H,1-2H3/t7-/m1/s1. The van der Waals surface area contributed by atoms with Gasteiger partial charge in [0.05, 0.1) is 17.4 Å². The quantitative estimate of drug-likeness (QED) is 0.368. The highest BCUT2D eigenvalue weighted by Gasteiger charge is 2.23. The summed E-state index contributed by atoms with van der Waals surface area (Å²) in [4.78, 5) is 29.1. The molecule has 0 fully saturated rings. The first-order chi connectivity index (χ1) is 13.1. The molecule has 8 nitrogen and oxygen atoms in total. The smallest absolute Gasteiger partial charge is 0.290 e. The minimum absolute atomic E-state index is 0.138. The van der Waals surface area contributed by atoms with Gasteiger partial charge in [-0.1, -0.05) is 0 Å². The van der Waals surface area contributed by atoms with Gasteiger partial charge in [-0.25, -0.2) is 9.37 Å². The largest absolute Gasteiger partial charge is 0.366 e. The Morgan fingerprint density at radius 2 is 1.89 bits per heavy atom. The number of aryl methyl sites for hydroxylation is 1. The molecular weight excluding hydrogens is 489 g/mol. The fourth-order valence-electron chi connectivity index (χ4n) is 2.67. The number of hydrogen-bond acceptors (Lipinski definition) is 6. The number of benzene rings is 1. The molecule has 0 unspecified atom stereocenters. The second-order valence-corrected chi connectivity index (χ2v) is 7.36.